The molecule has 2 aromatic heterocycles. The highest BCUT2D eigenvalue weighted by Crippen LogP contribution is 2.46. The van der Waals surface area contributed by atoms with E-state index in [1.165, 1.54) is 60.0 Å². The van der Waals surface area contributed by atoms with E-state index in [9.17, 15) is 0 Å². The molecule has 12 rings (SSSR count). The molecule has 59 heavy (non-hydrogen) atoms. The van der Waals surface area contributed by atoms with Gasteiger partial charge in [-0.1, -0.05) is 146 Å². The van der Waals surface area contributed by atoms with E-state index in [1.807, 2.05) is 0 Å². The number of anilines is 3. The van der Waals surface area contributed by atoms with Crippen molar-refractivity contribution in [3.8, 4) is 27.9 Å². The minimum absolute atomic E-state index is 0.852. The Balaban J connectivity index is 1.06. The van der Waals surface area contributed by atoms with Gasteiger partial charge in [0.15, 0.2) is 0 Å². The highest BCUT2D eigenvalue weighted by atomic mass is 16.3. The average Bonchev–Trinajstić information content (AvgIpc) is 3.85. The molecule has 3 nitrogen and oxygen atoms in total. The fourth-order valence-corrected chi connectivity index (χ4v) is 9.29. The highest BCUT2D eigenvalue weighted by molar-refractivity contribution is 6.25. The number of furan rings is 1. The minimum atomic E-state index is 0.852. The van der Waals surface area contributed by atoms with Gasteiger partial charge in [0.2, 0.25) is 0 Å². The second-order valence-electron chi connectivity index (χ2n) is 15.3. The van der Waals surface area contributed by atoms with Crippen LogP contribution in [0.2, 0.25) is 0 Å². The van der Waals surface area contributed by atoms with E-state index in [0.29, 0.717) is 0 Å². The second kappa shape index (κ2) is 13.4. The van der Waals surface area contributed by atoms with E-state index in [4.69, 9.17) is 4.42 Å². The van der Waals surface area contributed by atoms with Gasteiger partial charge in [-0.3, -0.25) is 0 Å². The van der Waals surface area contributed by atoms with E-state index in [2.05, 4.69) is 228 Å². The molecular formula is C56H36N2O. The summed E-state index contributed by atoms with van der Waals surface area (Å²) >= 11 is 0. The lowest BCUT2D eigenvalue weighted by atomic mass is 9.92. The molecular weight excluding hydrogens is 717 g/mol. The second-order valence-corrected chi connectivity index (χ2v) is 15.3. The molecule has 0 amide bonds. The van der Waals surface area contributed by atoms with Crippen molar-refractivity contribution in [2.75, 3.05) is 4.90 Å². The number of hydrogen-bond acceptors (Lipinski definition) is 2. The van der Waals surface area contributed by atoms with Crippen molar-refractivity contribution in [2.45, 2.75) is 0 Å². The number of rotatable bonds is 6. The maximum absolute atomic E-state index is 6.97. The first kappa shape index (κ1) is 33.3. The minimum Gasteiger partial charge on any atom is -0.456 e. The predicted octanol–water partition coefficient (Wildman–Crippen LogP) is 15.8. The molecule has 0 spiro atoms. The zero-order chi connectivity index (χ0) is 38.9. The first-order valence-corrected chi connectivity index (χ1v) is 20.2. The van der Waals surface area contributed by atoms with Crippen LogP contribution < -0.4 is 4.90 Å². The number of para-hydroxylation sites is 2. The lowest BCUT2D eigenvalue weighted by molar-refractivity contribution is 0.669. The fourth-order valence-electron chi connectivity index (χ4n) is 9.29. The van der Waals surface area contributed by atoms with Gasteiger partial charge in [0.1, 0.15) is 11.2 Å². The topological polar surface area (TPSA) is 21.3 Å². The number of nitrogens with zero attached hydrogens (tertiary/aromatic N) is 2. The predicted molar refractivity (Wildman–Crippen MR) is 249 cm³/mol. The molecule has 0 saturated carbocycles. The largest absolute Gasteiger partial charge is 0.456 e. The van der Waals surface area contributed by atoms with E-state index in [0.717, 1.165) is 50.3 Å². The number of fused-ring (bicyclic) bond motifs is 9. The summed E-state index contributed by atoms with van der Waals surface area (Å²) in [6.45, 7) is 0. The lowest BCUT2D eigenvalue weighted by Crippen LogP contribution is -2.09. The van der Waals surface area contributed by atoms with Crippen molar-refractivity contribution in [1.29, 1.82) is 0 Å². The lowest BCUT2D eigenvalue weighted by Gasteiger charge is -2.26. The Morgan fingerprint density at radius 3 is 1.80 bits per heavy atom. The number of hydrogen-bond donors (Lipinski definition) is 0. The summed E-state index contributed by atoms with van der Waals surface area (Å²) in [6, 6.07) is 78.5. The molecule has 0 atom stereocenters. The van der Waals surface area contributed by atoms with Crippen LogP contribution in [0.25, 0.3) is 93.2 Å². The van der Waals surface area contributed by atoms with Crippen molar-refractivity contribution in [3.05, 3.63) is 218 Å². The molecule has 0 fully saturated rings. The number of benzene rings is 10. The summed E-state index contributed by atoms with van der Waals surface area (Å²) in [4.78, 5) is 2.33. The molecule has 0 unspecified atom stereocenters. The Kier molecular flexibility index (Phi) is 7.54. The van der Waals surface area contributed by atoms with Crippen molar-refractivity contribution in [1.82, 2.24) is 4.57 Å². The van der Waals surface area contributed by atoms with Gasteiger partial charge >= 0.3 is 0 Å². The molecule has 0 aliphatic heterocycles. The van der Waals surface area contributed by atoms with Gasteiger partial charge in [0, 0.05) is 50.4 Å². The van der Waals surface area contributed by atoms with Gasteiger partial charge in [0.05, 0.1) is 11.0 Å². The summed E-state index contributed by atoms with van der Waals surface area (Å²) < 4.78 is 9.36. The maximum atomic E-state index is 6.97. The first-order valence-electron chi connectivity index (χ1n) is 20.2. The molecule has 0 aliphatic carbocycles. The highest BCUT2D eigenvalue weighted by Gasteiger charge is 2.21. The summed E-state index contributed by atoms with van der Waals surface area (Å²) in [5.74, 6) is 0. The molecule has 0 N–H and O–H groups in total. The zero-order valence-electron chi connectivity index (χ0n) is 32.1. The van der Waals surface area contributed by atoms with Crippen LogP contribution in [-0.4, -0.2) is 4.57 Å². The maximum Gasteiger partial charge on any atom is 0.137 e. The quantitative estimate of drug-likeness (QED) is 0.169. The van der Waals surface area contributed by atoms with Crippen LogP contribution in [0, 0.1) is 0 Å². The summed E-state index contributed by atoms with van der Waals surface area (Å²) in [5, 5.41) is 9.49. The Bertz CT molecular complexity index is 3540. The summed E-state index contributed by atoms with van der Waals surface area (Å²) in [6.07, 6.45) is 0. The Hall–Kier alpha value is -7.88. The molecule has 10 aromatic carbocycles. The zero-order valence-corrected chi connectivity index (χ0v) is 32.1. The van der Waals surface area contributed by atoms with Gasteiger partial charge in [-0.15, -0.1) is 0 Å². The van der Waals surface area contributed by atoms with Crippen LogP contribution in [-0.2, 0) is 0 Å². The smallest absolute Gasteiger partial charge is 0.137 e. The van der Waals surface area contributed by atoms with E-state index < -0.39 is 0 Å². The molecule has 2 heterocycles. The molecule has 276 valence electrons. The van der Waals surface area contributed by atoms with Crippen molar-refractivity contribution < 1.29 is 4.42 Å². The Morgan fingerprint density at radius 2 is 0.966 bits per heavy atom. The van der Waals surface area contributed by atoms with Gasteiger partial charge in [-0.25, -0.2) is 0 Å². The van der Waals surface area contributed by atoms with Crippen LogP contribution in [0.1, 0.15) is 0 Å². The molecule has 12 aromatic rings. The summed E-state index contributed by atoms with van der Waals surface area (Å²) in [7, 11) is 0. The molecule has 0 bridgehead atoms. The summed E-state index contributed by atoms with van der Waals surface area (Å²) in [5.41, 5.74) is 13.2. The third-order valence-electron chi connectivity index (χ3n) is 11.9. The van der Waals surface area contributed by atoms with E-state index in [-0.39, 0.29) is 0 Å². The monoisotopic (exact) mass is 752 g/mol. The SMILES string of the molecule is c1ccc(-c2ccc(N(c3ccc4ccccc4c3)c3ccc4c(c3)oc3cc(-c5cccc6c5c5ccccc5n6-c5ccccc5)c5ccccc5c34)cc2)cc1. The molecule has 0 saturated heterocycles. The fraction of sp³-hybridized carbons (Fsp3) is 0. The normalized spacial score (nSPS) is 11.7. The van der Waals surface area contributed by atoms with Crippen LogP contribution in [0.3, 0.4) is 0 Å². The van der Waals surface area contributed by atoms with Gasteiger partial charge in [-0.05, 0) is 111 Å². The van der Waals surface area contributed by atoms with Gasteiger partial charge in [0.25, 0.3) is 0 Å². The average molecular weight is 753 g/mol. The Morgan fingerprint density at radius 1 is 0.339 bits per heavy atom. The van der Waals surface area contributed by atoms with Crippen LogP contribution in [0.15, 0.2) is 223 Å². The Labute approximate surface area is 341 Å². The van der Waals surface area contributed by atoms with Gasteiger partial charge in [-0.2, -0.15) is 0 Å². The third-order valence-corrected chi connectivity index (χ3v) is 11.9. The van der Waals surface area contributed by atoms with Crippen LogP contribution >= 0.6 is 0 Å². The van der Waals surface area contributed by atoms with Crippen LogP contribution in [0.4, 0.5) is 17.1 Å². The van der Waals surface area contributed by atoms with Crippen molar-refractivity contribution in [3.63, 3.8) is 0 Å². The third kappa shape index (κ3) is 5.36. The standard InChI is InChI=1S/C56H36N2O/c1-3-14-37(15-4-1)39-26-29-42(30-27-39)57(43-31-28-38-16-7-8-17-40(38)34-43)44-32-33-49-53(35-44)59-54-36-50(45-20-9-10-21-46(45)56(49)54)47-23-13-25-52-55(47)48-22-11-12-24-51(48)58(52)41-18-5-2-6-19-41/h1-36H. The van der Waals surface area contributed by atoms with E-state index in [1.54, 1.807) is 0 Å². The van der Waals surface area contributed by atoms with Crippen molar-refractivity contribution in [2.24, 2.45) is 0 Å². The first-order chi connectivity index (χ1) is 29.3. The molecule has 0 radical (unpaired) electrons. The van der Waals surface area contributed by atoms with Gasteiger partial charge < -0.3 is 13.9 Å². The van der Waals surface area contributed by atoms with E-state index >= 15 is 0 Å². The van der Waals surface area contributed by atoms with Crippen molar-refractivity contribution >= 4 is 82.4 Å². The number of aromatic nitrogens is 1. The van der Waals surface area contributed by atoms with Crippen LogP contribution in [0.5, 0.6) is 0 Å². The molecule has 3 heteroatoms. The molecule has 0 aliphatic rings.